The number of hydrogen-bond acceptors (Lipinski definition) is 2. The first-order valence-electron chi connectivity index (χ1n) is 6.28. The van der Waals surface area contributed by atoms with Crippen molar-refractivity contribution in [2.75, 3.05) is 0 Å². The van der Waals surface area contributed by atoms with Crippen molar-refractivity contribution in [3.63, 3.8) is 0 Å². The molecule has 1 unspecified atom stereocenters. The minimum Gasteiger partial charge on any atom is -0.264 e. The van der Waals surface area contributed by atoms with E-state index in [2.05, 4.69) is 25.0 Å². The average molecular weight is 274 g/mol. The van der Waals surface area contributed by atoms with Gasteiger partial charge >= 0.3 is 0 Å². The molecule has 0 fully saturated rings. The van der Waals surface area contributed by atoms with Crippen molar-refractivity contribution >= 4 is 11.6 Å². The van der Waals surface area contributed by atoms with Crippen LogP contribution in [0.1, 0.15) is 43.4 Å². The lowest BCUT2D eigenvalue weighted by atomic mass is 10.0. The second-order valence-corrected chi connectivity index (χ2v) is 5.28. The van der Waals surface area contributed by atoms with Crippen molar-refractivity contribution < 1.29 is 0 Å². The van der Waals surface area contributed by atoms with E-state index in [1.165, 1.54) is 5.56 Å². The molecule has 3 nitrogen and oxygen atoms in total. The van der Waals surface area contributed by atoms with Crippen molar-refractivity contribution in [2.45, 2.75) is 32.2 Å². The van der Waals surface area contributed by atoms with Crippen LogP contribution in [-0.2, 0) is 0 Å². The smallest absolute Gasteiger partial charge is 0.0898 e. The van der Waals surface area contributed by atoms with E-state index in [1.54, 1.807) is 0 Å². The maximum Gasteiger partial charge on any atom is 0.0898 e. The minimum atomic E-state index is -0.0869. The Morgan fingerprint density at radius 1 is 1.37 bits per heavy atom. The first kappa shape index (κ1) is 13.6. The van der Waals surface area contributed by atoms with Gasteiger partial charge in [0.1, 0.15) is 0 Å². The fourth-order valence-corrected chi connectivity index (χ4v) is 2.18. The summed E-state index contributed by atoms with van der Waals surface area (Å²) in [6.07, 6.45) is 4.24. The van der Waals surface area contributed by atoms with Crippen LogP contribution in [0, 0.1) is 11.3 Å². The quantitative estimate of drug-likeness (QED) is 0.839. The van der Waals surface area contributed by atoms with Crippen LogP contribution in [0.3, 0.4) is 0 Å². The number of rotatable bonds is 4. The molecule has 19 heavy (non-hydrogen) atoms. The highest BCUT2D eigenvalue weighted by Gasteiger charge is 2.15. The second-order valence-electron chi connectivity index (χ2n) is 4.84. The highest BCUT2D eigenvalue weighted by atomic mass is 35.5. The van der Waals surface area contributed by atoms with E-state index in [1.807, 2.05) is 41.3 Å². The van der Waals surface area contributed by atoms with Gasteiger partial charge in [-0.25, -0.2) is 0 Å². The summed E-state index contributed by atoms with van der Waals surface area (Å²) in [7, 11) is 0. The molecule has 0 spiro atoms. The zero-order chi connectivity index (χ0) is 13.8. The van der Waals surface area contributed by atoms with Crippen molar-refractivity contribution in [1.29, 1.82) is 5.26 Å². The van der Waals surface area contributed by atoms with E-state index in [0.717, 1.165) is 5.56 Å². The van der Waals surface area contributed by atoms with Crippen molar-refractivity contribution in [3.05, 3.63) is 52.8 Å². The molecule has 0 saturated carbocycles. The highest BCUT2D eigenvalue weighted by Crippen LogP contribution is 2.25. The lowest BCUT2D eigenvalue weighted by Gasteiger charge is -2.15. The van der Waals surface area contributed by atoms with Gasteiger partial charge in [0.05, 0.1) is 24.7 Å². The average Bonchev–Trinajstić information content (AvgIpc) is 2.85. The van der Waals surface area contributed by atoms with Gasteiger partial charge in [0, 0.05) is 11.2 Å². The molecule has 1 atom stereocenters. The number of nitriles is 1. The van der Waals surface area contributed by atoms with Crippen LogP contribution < -0.4 is 0 Å². The van der Waals surface area contributed by atoms with Crippen LogP contribution >= 0.6 is 11.6 Å². The van der Waals surface area contributed by atoms with Crippen LogP contribution in [0.5, 0.6) is 0 Å². The zero-order valence-electron chi connectivity index (χ0n) is 11.0. The summed E-state index contributed by atoms with van der Waals surface area (Å²) in [5.41, 5.74) is 2.18. The van der Waals surface area contributed by atoms with Gasteiger partial charge in [0.15, 0.2) is 0 Å². The SMILES string of the molecule is CC(C)c1cnn(C(CC#N)c2cccc(Cl)c2)c1. The van der Waals surface area contributed by atoms with Crippen LogP contribution in [0.25, 0.3) is 0 Å². The predicted molar refractivity (Wildman–Crippen MR) is 76.1 cm³/mol. The number of hydrogen-bond donors (Lipinski definition) is 0. The zero-order valence-corrected chi connectivity index (χ0v) is 11.8. The molecule has 0 aliphatic rings. The molecule has 0 amide bonds. The minimum absolute atomic E-state index is 0.0869. The van der Waals surface area contributed by atoms with Gasteiger partial charge in [-0.2, -0.15) is 10.4 Å². The van der Waals surface area contributed by atoms with Crippen LogP contribution in [-0.4, -0.2) is 9.78 Å². The topological polar surface area (TPSA) is 41.6 Å². The molecular weight excluding hydrogens is 258 g/mol. The monoisotopic (exact) mass is 273 g/mol. The highest BCUT2D eigenvalue weighted by molar-refractivity contribution is 6.30. The first-order chi connectivity index (χ1) is 9.11. The van der Waals surface area contributed by atoms with E-state index in [4.69, 9.17) is 16.9 Å². The van der Waals surface area contributed by atoms with Gasteiger partial charge in [-0.05, 0) is 29.2 Å². The number of benzene rings is 1. The summed E-state index contributed by atoms with van der Waals surface area (Å²) in [6, 6.07) is 9.73. The molecule has 1 aromatic carbocycles. The predicted octanol–water partition coefficient (Wildman–Crippen LogP) is 4.16. The summed E-state index contributed by atoms with van der Waals surface area (Å²) >= 11 is 6.02. The molecule has 0 bridgehead atoms. The molecule has 0 radical (unpaired) electrons. The summed E-state index contributed by atoms with van der Waals surface area (Å²) < 4.78 is 1.85. The maximum absolute atomic E-state index is 9.02. The van der Waals surface area contributed by atoms with Gasteiger partial charge in [0.2, 0.25) is 0 Å². The third-order valence-corrected chi connectivity index (χ3v) is 3.36. The van der Waals surface area contributed by atoms with Gasteiger partial charge < -0.3 is 0 Å². The van der Waals surface area contributed by atoms with Gasteiger partial charge in [-0.3, -0.25) is 4.68 Å². The third-order valence-electron chi connectivity index (χ3n) is 3.13. The van der Waals surface area contributed by atoms with E-state index in [-0.39, 0.29) is 6.04 Å². The van der Waals surface area contributed by atoms with E-state index < -0.39 is 0 Å². The number of aromatic nitrogens is 2. The molecule has 1 heterocycles. The molecule has 1 aromatic heterocycles. The Bertz CT molecular complexity index is 595. The molecule has 0 N–H and O–H groups in total. The summed E-state index contributed by atoms with van der Waals surface area (Å²) in [4.78, 5) is 0. The Morgan fingerprint density at radius 2 is 2.16 bits per heavy atom. The van der Waals surface area contributed by atoms with Gasteiger partial charge in [0.25, 0.3) is 0 Å². The molecule has 0 aliphatic carbocycles. The molecule has 0 saturated heterocycles. The molecule has 2 rings (SSSR count). The van der Waals surface area contributed by atoms with E-state index >= 15 is 0 Å². The third kappa shape index (κ3) is 3.15. The van der Waals surface area contributed by atoms with Gasteiger partial charge in [-0.1, -0.05) is 37.6 Å². The van der Waals surface area contributed by atoms with Crippen molar-refractivity contribution in [1.82, 2.24) is 9.78 Å². The lowest BCUT2D eigenvalue weighted by Crippen LogP contribution is -2.10. The summed E-state index contributed by atoms with van der Waals surface area (Å²) in [6.45, 7) is 4.25. The fourth-order valence-electron chi connectivity index (χ4n) is 1.99. The normalized spacial score (nSPS) is 12.4. The molecule has 2 aromatic rings. The molecular formula is C15H16ClN3. The molecule has 4 heteroatoms. The van der Waals surface area contributed by atoms with Gasteiger partial charge in [-0.15, -0.1) is 0 Å². The fraction of sp³-hybridized carbons (Fsp3) is 0.333. The second kappa shape index (κ2) is 5.90. The maximum atomic E-state index is 9.02. The lowest BCUT2D eigenvalue weighted by molar-refractivity contribution is 0.531. The number of nitrogens with zero attached hydrogens (tertiary/aromatic N) is 3. The molecule has 98 valence electrons. The Hall–Kier alpha value is -1.79. The van der Waals surface area contributed by atoms with Crippen molar-refractivity contribution in [3.8, 4) is 6.07 Å². The van der Waals surface area contributed by atoms with E-state index in [9.17, 15) is 0 Å². The number of halogens is 1. The van der Waals surface area contributed by atoms with E-state index in [0.29, 0.717) is 17.4 Å². The Kier molecular flexibility index (Phi) is 4.24. The van der Waals surface area contributed by atoms with Crippen LogP contribution in [0.4, 0.5) is 0 Å². The standard InChI is InChI=1S/C15H16ClN3/c1-11(2)13-9-18-19(10-13)15(6-7-17)12-4-3-5-14(16)8-12/h3-5,8-11,15H,6H2,1-2H3. The Morgan fingerprint density at radius 3 is 2.74 bits per heavy atom. The summed E-state index contributed by atoms with van der Waals surface area (Å²) in [5.74, 6) is 0.427. The Balaban J connectivity index is 2.37. The Labute approximate surface area is 118 Å². The van der Waals surface area contributed by atoms with Crippen molar-refractivity contribution in [2.24, 2.45) is 0 Å². The molecule has 0 aliphatic heterocycles. The summed E-state index contributed by atoms with van der Waals surface area (Å²) in [5, 5.41) is 14.1. The first-order valence-corrected chi connectivity index (χ1v) is 6.66. The van der Waals surface area contributed by atoms with Crippen LogP contribution in [0.15, 0.2) is 36.7 Å². The van der Waals surface area contributed by atoms with Crippen LogP contribution in [0.2, 0.25) is 5.02 Å². The largest absolute Gasteiger partial charge is 0.264 e.